The molecule has 3 unspecified atom stereocenters. The molecule has 18 heavy (non-hydrogen) atoms. The number of carboxylic acids is 1. The van der Waals surface area contributed by atoms with Crippen molar-refractivity contribution in [3.05, 3.63) is 0 Å². The van der Waals surface area contributed by atoms with E-state index < -0.39 is 11.9 Å². The van der Waals surface area contributed by atoms with Crippen molar-refractivity contribution in [1.29, 1.82) is 0 Å². The molecule has 6 nitrogen and oxygen atoms in total. The van der Waals surface area contributed by atoms with Crippen molar-refractivity contribution in [3.8, 4) is 0 Å². The average molecular weight is 258 g/mol. The zero-order chi connectivity index (χ0) is 13.7. The number of ether oxygens (including phenoxy) is 1. The van der Waals surface area contributed by atoms with Gasteiger partial charge in [-0.15, -0.1) is 0 Å². The van der Waals surface area contributed by atoms with Crippen molar-refractivity contribution in [2.45, 2.75) is 38.3 Å². The summed E-state index contributed by atoms with van der Waals surface area (Å²) in [4.78, 5) is 24.4. The lowest BCUT2D eigenvalue weighted by Crippen LogP contribution is -2.44. The number of amides is 1. The topological polar surface area (TPSA) is 92.9 Å². The van der Waals surface area contributed by atoms with E-state index in [1.807, 2.05) is 6.92 Å². The second kappa shape index (κ2) is 6.70. The smallest absolute Gasteiger partial charge is 0.311 e. The van der Waals surface area contributed by atoms with E-state index in [1.165, 1.54) is 4.90 Å². The summed E-state index contributed by atoms with van der Waals surface area (Å²) in [5, 5.41) is 9.03. The quantitative estimate of drug-likeness (QED) is 0.703. The molecule has 0 aromatic rings. The van der Waals surface area contributed by atoms with E-state index in [9.17, 15) is 9.59 Å². The van der Waals surface area contributed by atoms with Crippen LogP contribution in [0.2, 0.25) is 0 Å². The third-order valence-corrected chi connectivity index (χ3v) is 3.31. The summed E-state index contributed by atoms with van der Waals surface area (Å²) in [7, 11) is 1.64. The summed E-state index contributed by atoms with van der Waals surface area (Å²) >= 11 is 0. The van der Waals surface area contributed by atoms with Gasteiger partial charge in [-0.3, -0.25) is 9.59 Å². The van der Waals surface area contributed by atoms with Crippen LogP contribution in [0.5, 0.6) is 0 Å². The van der Waals surface area contributed by atoms with Crippen LogP contribution in [0.25, 0.3) is 0 Å². The van der Waals surface area contributed by atoms with Crippen LogP contribution in [0.3, 0.4) is 0 Å². The van der Waals surface area contributed by atoms with Crippen molar-refractivity contribution >= 4 is 11.9 Å². The van der Waals surface area contributed by atoms with E-state index in [1.54, 1.807) is 7.05 Å². The van der Waals surface area contributed by atoms with Gasteiger partial charge in [0.15, 0.2) is 0 Å². The Hall–Kier alpha value is -1.14. The van der Waals surface area contributed by atoms with Gasteiger partial charge < -0.3 is 20.5 Å². The van der Waals surface area contributed by atoms with Crippen molar-refractivity contribution in [3.63, 3.8) is 0 Å². The standard InChI is InChI=1S/C12H22N2O4/c1-8(13)4-3-5-11(15)14(2)10-7-18-6-9(10)12(16)17/h8-10H,3-7,13H2,1-2H3,(H,16,17). The van der Waals surface area contributed by atoms with Crippen LogP contribution in [0.4, 0.5) is 0 Å². The van der Waals surface area contributed by atoms with Crippen molar-refractivity contribution in [2.75, 3.05) is 20.3 Å². The van der Waals surface area contributed by atoms with Crippen LogP contribution in [0, 0.1) is 5.92 Å². The van der Waals surface area contributed by atoms with E-state index in [-0.39, 0.29) is 24.6 Å². The third-order valence-electron chi connectivity index (χ3n) is 3.31. The number of likely N-dealkylation sites (N-methyl/N-ethyl adjacent to an activating group) is 1. The Balaban J connectivity index is 2.45. The molecule has 3 atom stereocenters. The Morgan fingerprint density at radius 3 is 2.72 bits per heavy atom. The summed E-state index contributed by atoms with van der Waals surface area (Å²) in [6.07, 6.45) is 1.93. The maximum Gasteiger partial charge on any atom is 0.311 e. The molecule has 0 radical (unpaired) electrons. The highest BCUT2D eigenvalue weighted by Gasteiger charge is 2.38. The first kappa shape index (κ1) is 14.9. The van der Waals surface area contributed by atoms with Crippen molar-refractivity contribution in [2.24, 2.45) is 11.7 Å². The number of carbonyl (C=O) groups excluding carboxylic acids is 1. The van der Waals surface area contributed by atoms with Gasteiger partial charge in [-0.25, -0.2) is 0 Å². The fourth-order valence-electron chi connectivity index (χ4n) is 2.10. The Labute approximate surface area is 107 Å². The molecule has 1 aliphatic heterocycles. The lowest BCUT2D eigenvalue weighted by molar-refractivity contribution is -0.144. The van der Waals surface area contributed by atoms with E-state index in [0.717, 1.165) is 12.8 Å². The van der Waals surface area contributed by atoms with Gasteiger partial charge in [0, 0.05) is 19.5 Å². The summed E-state index contributed by atoms with van der Waals surface area (Å²) in [5.74, 6) is -1.57. The number of hydrogen-bond donors (Lipinski definition) is 2. The predicted molar refractivity (Wildman–Crippen MR) is 66.0 cm³/mol. The number of nitrogens with two attached hydrogens (primary N) is 1. The van der Waals surface area contributed by atoms with Crippen LogP contribution in [0.1, 0.15) is 26.2 Å². The van der Waals surface area contributed by atoms with Crippen LogP contribution >= 0.6 is 0 Å². The lowest BCUT2D eigenvalue weighted by Gasteiger charge is -2.26. The third kappa shape index (κ3) is 3.96. The number of carboxylic acid groups (broad SMARTS) is 1. The molecule has 6 heteroatoms. The molecule has 104 valence electrons. The summed E-state index contributed by atoms with van der Waals surface area (Å²) in [6.45, 7) is 2.38. The Kier molecular flexibility index (Phi) is 5.55. The first-order chi connectivity index (χ1) is 8.43. The maximum absolute atomic E-state index is 11.9. The monoisotopic (exact) mass is 258 g/mol. The molecule has 0 aromatic heterocycles. The molecule has 1 saturated heterocycles. The van der Waals surface area contributed by atoms with Crippen molar-refractivity contribution in [1.82, 2.24) is 4.90 Å². The molecule has 1 amide bonds. The van der Waals surface area contributed by atoms with Gasteiger partial charge in [-0.05, 0) is 19.8 Å². The highest BCUT2D eigenvalue weighted by molar-refractivity contribution is 5.78. The molecule has 1 fully saturated rings. The number of hydrogen-bond acceptors (Lipinski definition) is 4. The SMILES string of the molecule is CC(N)CCCC(=O)N(C)C1COCC1C(=O)O. The second-order valence-electron chi connectivity index (χ2n) is 4.92. The van der Waals surface area contributed by atoms with Gasteiger partial charge in [-0.1, -0.05) is 0 Å². The number of nitrogens with zero attached hydrogens (tertiary/aromatic N) is 1. The molecule has 1 aliphatic rings. The minimum Gasteiger partial charge on any atom is -0.481 e. The zero-order valence-electron chi connectivity index (χ0n) is 11.0. The summed E-state index contributed by atoms with van der Waals surface area (Å²) < 4.78 is 5.15. The van der Waals surface area contributed by atoms with Crippen molar-refractivity contribution < 1.29 is 19.4 Å². The zero-order valence-corrected chi connectivity index (χ0v) is 11.0. The average Bonchev–Trinajstić information content (AvgIpc) is 2.76. The molecule has 0 bridgehead atoms. The molecule has 0 saturated carbocycles. The van der Waals surface area contributed by atoms with Gasteiger partial charge in [0.2, 0.25) is 5.91 Å². The predicted octanol–water partition coefficient (Wildman–Crippen LogP) is 0.0619. The largest absolute Gasteiger partial charge is 0.481 e. The molecular formula is C12H22N2O4. The molecule has 0 aromatic carbocycles. The normalized spacial score (nSPS) is 24.8. The Morgan fingerprint density at radius 1 is 1.50 bits per heavy atom. The molecule has 0 aliphatic carbocycles. The number of rotatable bonds is 6. The second-order valence-corrected chi connectivity index (χ2v) is 4.92. The Morgan fingerprint density at radius 2 is 2.17 bits per heavy atom. The first-order valence-corrected chi connectivity index (χ1v) is 6.25. The Bertz CT molecular complexity index is 306. The van der Waals surface area contributed by atoms with Gasteiger partial charge >= 0.3 is 5.97 Å². The first-order valence-electron chi connectivity index (χ1n) is 6.25. The molecule has 1 heterocycles. The fourth-order valence-corrected chi connectivity index (χ4v) is 2.10. The highest BCUT2D eigenvalue weighted by atomic mass is 16.5. The van der Waals surface area contributed by atoms with E-state index in [4.69, 9.17) is 15.6 Å². The number of carbonyl (C=O) groups is 2. The summed E-state index contributed by atoms with van der Waals surface area (Å²) in [5.41, 5.74) is 5.62. The van der Waals surface area contributed by atoms with Crippen LogP contribution < -0.4 is 5.73 Å². The highest BCUT2D eigenvalue weighted by Crippen LogP contribution is 2.20. The summed E-state index contributed by atoms with van der Waals surface area (Å²) in [6, 6.07) is -0.269. The van der Waals surface area contributed by atoms with Crippen LogP contribution in [-0.4, -0.2) is 54.2 Å². The fraction of sp³-hybridized carbons (Fsp3) is 0.833. The van der Waals surface area contributed by atoms with Gasteiger partial charge in [0.1, 0.15) is 5.92 Å². The van der Waals surface area contributed by atoms with Crippen LogP contribution in [-0.2, 0) is 14.3 Å². The van der Waals surface area contributed by atoms with Gasteiger partial charge in [0.05, 0.1) is 19.3 Å². The maximum atomic E-state index is 11.9. The van der Waals surface area contributed by atoms with Crippen LogP contribution in [0.15, 0.2) is 0 Å². The molecule has 3 N–H and O–H groups in total. The lowest BCUT2D eigenvalue weighted by atomic mass is 10.0. The molecule has 0 spiro atoms. The minimum absolute atomic E-state index is 0.0441. The molecule has 1 rings (SSSR count). The minimum atomic E-state index is -0.910. The van der Waals surface area contributed by atoms with E-state index in [0.29, 0.717) is 13.0 Å². The van der Waals surface area contributed by atoms with Gasteiger partial charge in [0.25, 0.3) is 0 Å². The number of aliphatic carboxylic acids is 1. The van der Waals surface area contributed by atoms with E-state index >= 15 is 0 Å². The van der Waals surface area contributed by atoms with E-state index in [2.05, 4.69) is 0 Å². The van der Waals surface area contributed by atoms with Gasteiger partial charge in [-0.2, -0.15) is 0 Å². The molecular weight excluding hydrogens is 236 g/mol.